The molecule has 0 fully saturated rings. The van der Waals surface area contributed by atoms with E-state index in [2.05, 4.69) is 25.9 Å². The van der Waals surface area contributed by atoms with E-state index in [1.165, 1.54) is 12.1 Å². The van der Waals surface area contributed by atoms with Crippen LogP contribution in [0.4, 0.5) is 26.5 Å². The van der Waals surface area contributed by atoms with Crippen molar-refractivity contribution in [1.29, 1.82) is 0 Å². The van der Waals surface area contributed by atoms with Crippen LogP contribution in [0.15, 0.2) is 91.3 Å². The van der Waals surface area contributed by atoms with Crippen molar-refractivity contribution in [2.24, 2.45) is 0 Å². The molecule has 3 N–H and O–H groups in total. The Morgan fingerprint density at radius 2 is 1.52 bits per heavy atom. The Morgan fingerprint density at radius 3 is 2.26 bits per heavy atom. The molecule has 7 heteroatoms. The van der Waals surface area contributed by atoms with Crippen LogP contribution in [0.3, 0.4) is 0 Å². The van der Waals surface area contributed by atoms with Crippen molar-refractivity contribution in [1.82, 2.24) is 15.3 Å². The molecule has 0 unspecified atom stereocenters. The number of hydrogen-bond acceptors (Lipinski definition) is 4. The molecule has 2 heterocycles. The van der Waals surface area contributed by atoms with Crippen LogP contribution in [-0.2, 0) is 6.54 Å². The van der Waals surface area contributed by atoms with Crippen molar-refractivity contribution >= 4 is 23.4 Å². The number of urea groups is 1. The number of carbonyl (C=O) groups excluding carboxylic acids is 1. The summed E-state index contributed by atoms with van der Waals surface area (Å²) in [7, 11) is 0. The minimum absolute atomic E-state index is 0.210. The number of rotatable bonds is 6. The molecular weight excluding hydrogens is 393 g/mol. The fourth-order valence-corrected chi connectivity index (χ4v) is 3.02. The van der Waals surface area contributed by atoms with Gasteiger partial charge in [-0.3, -0.25) is 5.32 Å². The van der Waals surface area contributed by atoms with Crippen molar-refractivity contribution in [3.05, 3.63) is 103 Å². The highest BCUT2D eigenvalue weighted by atomic mass is 19.1. The molecule has 154 valence electrons. The first-order chi connectivity index (χ1) is 15.2. The van der Waals surface area contributed by atoms with Crippen molar-refractivity contribution in [3.63, 3.8) is 0 Å². The standard InChI is InChI=1S/C24H20FN5O/c25-20-6-4-5-17(13-20)16-28-24(31)30-23-15-19(10-12-27-23)18-9-11-26-22(14-18)29-21-7-2-1-3-8-21/h1-15H,16H2,(H,26,29)(H2,27,28,30,31). The molecule has 2 amide bonds. The molecule has 0 atom stereocenters. The van der Waals surface area contributed by atoms with Gasteiger partial charge in [-0.05, 0) is 65.2 Å². The number of nitrogens with one attached hydrogen (secondary N) is 3. The molecule has 0 saturated heterocycles. The van der Waals surface area contributed by atoms with Gasteiger partial charge in [0.1, 0.15) is 17.5 Å². The lowest BCUT2D eigenvalue weighted by molar-refractivity contribution is 0.251. The van der Waals surface area contributed by atoms with Crippen LogP contribution in [0, 0.1) is 5.82 Å². The van der Waals surface area contributed by atoms with Crippen molar-refractivity contribution in [2.45, 2.75) is 6.54 Å². The van der Waals surface area contributed by atoms with Gasteiger partial charge in [0.25, 0.3) is 0 Å². The second kappa shape index (κ2) is 9.49. The van der Waals surface area contributed by atoms with Gasteiger partial charge in [0.2, 0.25) is 0 Å². The molecule has 0 saturated carbocycles. The number of anilines is 3. The summed E-state index contributed by atoms with van der Waals surface area (Å²) in [6.45, 7) is 0.210. The van der Waals surface area contributed by atoms with E-state index < -0.39 is 6.03 Å². The van der Waals surface area contributed by atoms with E-state index in [0.717, 1.165) is 16.8 Å². The van der Waals surface area contributed by atoms with E-state index in [4.69, 9.17) is 0 Å². The molecule has 31 heavy (non-hydrogen) atoms. The van der Waals surface area contributed by atoms with Crippen molar-refractivity contribution in [3.8, 4) is 11.1 Å². The first kappa shape index (κ1) is 20.0. The molecule has 0 spiro atoms. The lowest BCUT2D eigenvalue weighted by atomic mass is 10.1. The average molecular weight is 413 g/mol. The highest BCUT2D eigenvalue weighted by molar-refractivity contribution is 5.89. The summed E-state index contributed by atoms with van der Waals surface area (Å²) < 4.78 is 13.2. The van der Waals surface area contributed by atoms with E-state index in [1.54, 1.807) is 30.6 Å². The van der Waals surface area contributed by atoms with E-state index in [9.17, 15) is 9.18 Å². The third-order valence-electron chi connectivity index (χ3n) is 4.48. The highest BCUT2D eigenvalue weighted by Gasteiger charge is 2.07. The van der Waals surface area contributed by atoms with Gasteiger partial charge in [-0.2, -0.15) is 0 Å². The second-order valence-corrected chi connectivity index (χ2v) is 6.79. The number of hydrogen-bond donors (Lipinski definition) is 3. The Bertz CT molecular complexity index is 1180. The minimum Gasteiger partial charge on any atom is -0.340 e. The third kappa shape index (κ3) is 5.63. The number of amides is 2. The van der Waals surface area contributed by atoms with E-state index in [-0.39, 0.29) is 12.4 Å². The van der Waals surface area contributed by atoms with Gasteiger partial charge >= 0.3 is 6.03 Å². The number of pyridine rings is 2. The minimum atomic E-state index is -0.421. The Labute approximate surface area is 179 Å². The van der Waals surface area contributed by atoms with Crippen molar-refractivity contribution in [2.75, 3.05) is 10.6 Å². The fourth-order valence-electron chi connectivity index (χ4n) is 3.02. The van der Waals surface area contributed by atoms with E-state index >= 15 is 0 Å². The number of halogens is 1. The van der Waals surface area contributed by atoms with Gasteiger partial charge < -0.3 is 10.6 Å². The predicted octanol–water partition coefficient (Wildman–Crippen LogP) is 5.35. The van der Waals surface area contributed by atoms with Crippen LogP contribution in [0.2, 0.25) is 0 Å². The van der Waals surface area contributed by atoms with Gasteiger partial charge in [-0.1, -0.05) is 30.3 Å². The number of benzene rings is 2. The maximum atomic E-state index is 13.2. The number of carbonyl (C=O) groups is 1. The Kier molecular flexibility index (Phi) is 6.13. The molecule has 6 nitrogen and oxygen atoms in total. The van der Waals surface area contributed by atoms with Crippen LogP contribution < -0.4 is 16.0 Å². The molecule has 4 rings (SSSR count). The lowest BCUT2D eigenvalue weighted by Gasteiger charge is -2.10. The number of nitrogens with zero attached hydrogens (tertiary/aromatic N) is 2. The zero-order chi connectivity index (χ0) is 21.5. The summed E-state index contributed by atoms with van der Waals surface area (Å²) >= 11 is 0. The normalized spacial score (nSPS) is 10.4. The number of aromatic nitrogens is 2. The van der Waals surface area contributed by atoms with Crippen LogP contribution in [0.5, 0.6) is 0 Å². The van der Waals surface area contributed by atoms with Gasteiger partial charge in [0, 0.05) is 24.6 Å². The Hall–Kier alpha value is -4.26. The first-order valence-electron chi connectivity index (χ1n) is 9.69. The quantitative estimate of drug-likeness (QED) is 0.398. The lowest BCUT2D eigenvalue weighted by Crippen LogP contribution is -2.28. The molecule has 0 radical (unpaired) electrons. The maximum Gasteiger partial charge on any atom is 0.320 e. The summed E-state index contributed by atoms with van der Waals surface area (Å²) in [5.41, 5.74) is 3.43. The van der Waals surface area contributed by atoms with Crippen LogP contribution in [0.1, 0.15) is 5.56 Å². The zero-order valence-electron chi connectivity index (χ0n) is 16.5. The van der Waals surface area contributed by atoms with Crippen molar-refractivity contribution < 1.29 is 9.18 Å². The molecular formula is C24H20FN5O. The summed E-state index contributed by atoms with van der Waals surface area (Å²) in [5.74, 6) is 0.777. The van der Waals surface area contributed by atoms with E-state index in [1.807, 2.05) is 48.5 Å². The summed E-state index contributed by atoms with van der Waals surface area (Å²) in [4.78, 5) is 20.8. The zero-order valence-corrected chi connectivity index (χ0v) is 16.5. The fraction of sp³-hybridized carbons (Fsp3) is 0.0417. The van der Waals surface area contributed by atoms with Gasteiger partial charge in [-0.15, -0.1) is 0 Å². The molecule has 0 bridgehead atoms. The summed E-state index contributed by atoms with van der Waals surface area (Å²) in [5, 5.41) is 8.66. The molecule has 4 aromatic rings. The highest BCUT2D eigenvalue weighted by Crippen LogP contribution is 2.24. The van der Waals surface area contributed by atoms with Crippen LogP contribution in [-0.4, -0.2) is 16.0 Å². The second-order valence-electron chi connectivity index (χ2n) is 6.79. The monoisotopic (exact) mass is 413 g/mol. The molecule has 0 aliphatic rings. The average Bonchev–Trinajstić information content (AvgIpc) is 2.79. The Balaban J connectivity index is 1.42. The van der Waals surface area contributed by atoms with Crippen LogP contribution in [0.25, 0.3) is 11.1 Å². The van der Waals surface area contributed by atoms with Gasteiger partial charge in [0.15, 0.2) is 0 Å². The summed E-state index contributed by atoms with van der Waals surface area (Å²) in [6, 6.07) is 22.9. The molecule has 0 aliphatic heterocycles. The van der Waals surface area contributed by atoms with Gasteiger partial charge in [-0.25, -0.2) is 19.2 Å². The maximum absolute atomic E-state index is 13.2. The smallest absolute Gasteiger partial charge is 0.320 e. The summed E-state index contributed by atoms with van der Waals surface area (Å²) in [6.07, 6.45) is 3.35. The topological polar surface area (TPSA) is 78.9 Å². The first-order valence-corrected chi connectivity index (χ1v) is 9.69. The molecule has 2 aromatic heterocycles. The SMILES string of the molecule is O=C(NCc1cccc(F)c1)Nc1cc(-c2ccnc(Nc3ccccc3)c2)ccn1. The third-order valence-corrected chi connectivity index (χ3v) is 4.48. The predicted molar refractivity (Wildman–Crippen MR) is 119 cm³/mol. The largest absolute Gasteiger partial charge is 0.340 e. The molecule has 0 aliphatic carbocycles. The number of para-hydroxylation sites is 1. The van der Waals surface area contributed by atoms with Crippen LogP contribution >= 0.6 is 0 Å². The molecule has 2 aromatic carbocycles. The van der Waals surface area contributed by atoms with Gasteiger partial charge in [0.05, 0.1) is 0 Å². The Morgan fingerprint density at radius 1 is 0.806 bits per heavy atom. The van der Waals surface area contributed by atoms with E-state index in [0.29, 0.717) is 17.2 Å².